The molecule has 0 bridgehead atoms. The van der Waals surface area contributed by atoms with Gasteiger partial charge in [-0.3, -0.25) is 9.98 Å². The molecule has 1 saturated carbocycles. The molecule has 2 aliphatic rings. The molecule has 1 aromatic heterocycles. The number of benzene rings is 1. The Hall–Kier alpha value is -3.12. The van der Waals surface area contributed by atoms with Crippen molar-refractivity contribution >= 4 is 27.6 Å². The number of hydrogen-bond donors (Lipinski definition) is 1. The minimum Gasteiger partial charge on any atom is -0.386 e. The van der Waals surface area contributed by atoms with Crippen LogP contribution in [0.15, 0.2) is 41.5 Å². The average molecular weight is 442 g/mol. The second kappa shape index (κ2) is 7.24. The van der Waals surface area contributed by atoms with Crippen LogP contribution in [0.3, 0.4) is 0 Å². The first-order valence-corrected chi connectivity index (χ1v) is 11.4. The SMILES string of the molecule is C[C@@]1(c2cc(/C=C(\F)c3ccc(C#N)cn3)ccc2F)CS(=O)(=O)C2(CCC2)C(N)=N1. The maximum absolute atomic E-state index is 14.7. The van der Waals surface area contributed by atoms with Crippen molar-refractivity contribution < 1.29 is 17.2 Å². The molecule has 0 saturated heterocycles. The van der Waals surface area contributed by atoms with E-state index in [4.69, 9.17) is 11.0 Å². The van der Waals surface area contributed by atoms with Crippen molar-refractivity contribution in [1.29, 1.82) is 5.26 Å². The van der Waals surface area contributed by atoms with E-state index in [1.54, 1.807) is 0 Å². The minimum atomic E-state index is -3.64. The van der Waals surface area contributed by atoms with Gasteiger partial charge in [0.2, 0.25) is 0 Å². The first kappa shape index (κ1) is 21.1. The zero-order valence-corrected chi connectivity index (χ0v) is 17.6. The molecule has 4 rings (SSSR count). The highest BCUT2D eigenvalue weighted by Gasteiger charge is 2.58. The van der Waals surface area contributed by atoms with Crippen LogP contribution in [0.2, 0.25) is 0 Å². The minimum absolute atomic E-state index is 0.0146. The van der Waals surface area contributed by atoms with Crippen LogP contribution in [0.4, 0.5) is 8.78 Å². The van der Waals surface area contributed by atoms with Crippen LogP contribution in [0, 0.1) is 17.1 Å². The van der Waals surface area contributed by atoms with Gasteiger partial charge in [-0.05, 0) is 62.1 Å². The Labute approximate surface area is 179 Å². The monoisotopic (exact) mass is 442 g/mol. The lowest BCUT2D eigenvalue weighted by Gasteiger charge is -2.46. The zero-order chi connectivity index (χ0) is 22.4. The van der Waals surface area contributed by atoms with Crippen molar-refractivity contribution in [3.63, 3.8) is 0 Å². The predicted octanol–water partition coefficient (Wildman–Crippen LogP) is 3.48. The highest BCUT2D eigenvalue weighted by molar-refractivity contribution is 7.93. The van der Waals surface area contributed by atoms with Crippen LogP contribution in [0.1, 0.15) is 48.6 Å². The smallest absolute Gasteiger partial charge is 0.165 e. The first-order valence-electron chi connectivity index (χ1n) is 9.72. The van der Waals surface area contributed by atoms with Gasteiger partial charge >= 0.3 is 0 Å². The van der Waals surface area contributed by atoms with Crippen LogP contribution >= 0.6 is 0 Å². The second-order valence-electron chi connectivity index (χ2n) is 8.15. The van der Waals surface area contributed by atoms with Crippen molar-refractivity contribution in [1.82, 2.24) is 4.98 Å². The van der Waals surface area contributed by atoms with Gasteiger partial charge in [-0.2, -0.15) is 5.26 Å². The summed E-state index contributed by atoms with van der Waals surface area (Å²) in [7, 11) is -3.64. The summed E-state index contributed by atoms with van der Waals surface area (Å²) in [5.74, 6) is -1.68. The number of amidine groups is 1. The molecule has 1 atom stereocenters. The first-order chi connectivity index (χ1) is 14.6. The van der Waals surface area contributed by atoms with E-state index in [2.05, 4.69) is 9.98 Å². The summed E-state index contributed by atoms with van der Waals surface area (Å²) in [6.45, 7) is 1.52. The van der Waals surface area contributed by atoms with Gasteiger partial charge in [0.25, 0.3) is 0 Å². The fourth-order valence-corrected chi connectivity index (χ4v) is 6.65. The van der Waals surface area contributed by atoms with E-state index in [1.807, 2.05) is 6.07 Å². The van der Waals surface area contributed by atoms with Gasteiger partial charge in [-0.15, -0.1) is 0 Å². The van der Waals surface area contributed by atoms with Crippen LogP contribution in [0.5, 0.6) is 0 Å². The molecule has 0 unspecified atom stereocenters. The molecule has 2 aromatic rings. The van der Waals surface area contributed by atoms with Gasteiger partial charge in [0.15, 0.2) is 9.84 Å². The number of pyridine rings is 1. The zero-order valence-electron chi connectivity index (χ0n) is 16.8. The molecule has 1 spiro atoms. The van der Waals surface area contributed by atoms with Crippen molar-refractivity contribution in [2.75, 3.05) is 5.75 Å². The number of halogens is 2. The highest BCUT2D eigenvalue weighted by Crippen LogP contribution is 2.47. The number of aromatic nitrogens is 1. The fraction of sp³-hybridized carbons (Fsp3) is 0.318. The van der Waals surface area contributed by atoms with Crippen LogP contribution in [-0.2, 0) is 15.4 Å². The molecule has 2 N–H and O–H groups in total. The predicted molar refractivity (Wildman–Crippen MR) is 114 cm³/mol. The molecule has 160 valence electrons. The van der Waals surface area contributed by atoms with E-state index < -0.39 is 31.8 Å². The molecule has 0 amide bonds. The van der Waals surface area contributed by atoms with Crippen molar-refractivity contribution in [2.45, 2.75) is 36.5 Å². The number of nitrogens with zero attached hydrogens (tertiary/aromatic N) is 3. The van der Waals surface area contributed by atoms with Gasteiger partial charge in [0.1, 0.15) is 33.8 Å². The van der Waals surface area contributed by atoms with E-state index in [1.165, 1.54) is 43.5 Å². The molecule has 6 nitrogen and oxygen atoms in total. The third-order valence-electron chi connectivity index (χ3n) is 6.06. The van der Waals surface area contributed by atoms with Crippen molar-refractivity contribution in [3.8, 4) is 6.07 Å². The van der Waals surface area contributed by atoms with E-state index in [-0.39, 0.29) is 22.8 Å². The van der Waals surface area contributed by atoms with Crippen molar-refractivity contribution in [2.24, 2.45) is 10.7 Å². The Kier molecular flexibility index (Phi) is 4.93. The lowest BCUT2D eigenvalue weighted by atomic mass is 9.82. The summed E-state index contributed by atoms with van der Waals surface area (Å²) in [6.07, 6.45) is 4.02. The molecule has 0 radical (unpaired) electrons. The van der Waals surface area contributed by atoms with Crippen LogP contribution < -0.4 is 5.73 Å². The molecule has 1 aromatic carbocycles. The normalized spacial score (nSPS) is 24.2. The standard InChI is InChI=1S/C22H20F2N4O2S/c1-21(13-31(29,30)22(7-2-8-22)20(26)28-21)16-9-14(3-5-17(16)23)10-18(24)19-6-4-15(11-25)12-27-19/h3-6,9-10,12H,2,7-8,13H2,1H3,(H2,26,28)/b18-10-/t21-/m0/s1. The summed E-state index contributed by atoms with van der Waals surface area (Å²) < 4.78 is 54.3. The van der Waals surface area contributed by atoms with Gasteiger partial charge in [-0.25, -0.2) is 17.2 Å². The van der Waals surface area contributed by atoms with E-state index in [0.29, 0.717) is 24.0 Å². The number of hydrogen-bond acceptors (Lipinski definition) is 6. The quantitative estimate of drug-likeness (QED) is 0.783. The highest BCUT2D eigenvalue weighted by atomic mass is 32.2. The largest absolute Gasteiger partial charge is 0.386 e. The number of rotatable bonds is 3. The summed E-state index contributed by atoms with van der Waals surface area (Å²) in [5, 5.41) is 8.82. The molecule has 2 heterocycles. The van der Waals surface area contributed by atoms with Gasteiger partial charge in [-0.1, -0.05) is 6.07 Å². The molecule has 31 heavy (non-hydrogen) atoms. The Morgan fingerprint density at radius 3 is 2.58 bits per heavy atom. The number of nitrogens with two attached hydrogens (primary N) is 1. The average Bonchev–Trinajstić information content (AvgIpc) is 2.67. The molecular formula is C22H20F2N4O2S. The molecule has 1 fully saturated rings. The summed E-state index contributed by atoms with van der Waals surface area (Å²) >= 11 is 0. The Balaban J connectivity index is 1.74. The maximum atomic E-state index is 14.7. The van der Waals surface area contributed by atoms with Crippen LogP contribution in [-0.4, -0.2) is 29.7 Å². The number of sulfone groups is 1. The third-order valence-corrected chi connectivity index (χ3v) is 8.81. The number of aliphatic imine (C=N–C) groups is 1. The lowest BCUT2D eigenvalue weighted by molar-refractivity contribution is 0.388. The molecular weight excluding hydrogens is 422 g/mol. The van der Waals surface area contributed by atoms with Gasteiger partial charge in [0.05, 0.1) is 17.0 Å². The Morgan fingerprint density at radius 1 is 1.29 bits per heavy atom. The van der Waals surface area contributed by atoms with E-state index in [9.17, 15) is 17.2 Å². The van der Waals surface area contributed by atoms with Gasteiger partial charge in [0, 0.05) is 11.8 Å². The van der Waals surface area contributed by atoms with E-state index in [0.717, 1.165) is 12.5 Å². The summed E-state index contributed by atoms with van der Waals surface area (Å²) in [5.41, 5.74) is 5.32. The molecule has 9 heteroatoms. The summed E-state index contributed by atoms with van der Waals surface area (Å²) in [6, 6.07) is 8.62. The van der Waals surface area contributed by atoms with Crippen LogP contribution in [0.25, 0.3) is 11.9 Å². The number of nitriles is 1. The maximum Gasteiger partial charge on any atom is 0.165 e. The molecule has 1 aliphatic carbocycles. The van der Waals surface area contributed by atoms with E-state index >= 15 is 0 Å². The Bertz CT molecular complexity index is 1260. The lowest BCUT2D eigenvalue weighted by Crippen LogP contribution is -2.61. The fourth-order valence-electron chi connectivity index (χ4n) is 4.14. The molecule has 1 aliphatic heterocycles. The Morgan fingerprint density at radius 2 is 2.03 bits per heavy atom. The topological polar surface area (TPSA) is 109 Å². The second-order valence-corrected chi connectivity index (χ2v) is 10.5. The van der Waals surface area contributed by atoms with Crippen molar-refractivity contribution in [3.05, 3.63) is 64.7 Å². The third kappa shape index (κ3) is 3.41. The summed E-state index contributed by atoms with van der Waals surface area (Å²) in [4.78, 5) is 8.32. The van der Waals surface area contributed by atoms with Gasteiger partial charge < -0.3 is 5.73 Å².